The fraction of sp³-hybridized carbons (Fsp3) is 0.333. The Hall–Kier alpha value is -1.61. The van der Waals surface area contributed by atoms with Crippen molar-refractivity contribution in [2.45, 2.75) is 26.3 Å². The van der Waals surface area contributed by atoms with Crippen LogP contribution < -0.4 is 5.32 Å². The highest BCUT2D eigenvalue weighted by molar-refractivity contribution is 5.27. The molecule has 2 nitrogen and oxygen atoms in total. The number of aryl methyl sites for hydroxylation is 1. The molecule has 0 saturated carbocycles. The maximum atomic E-state index is 14.0. The lowest BCUT2D eigenvalue weighted by atomic mass is 9.99. The van der Waals surface area contributed by atoms with Crippen LogP contribution in [0, 0.1) is 12.7 Å². The van der Waals surface area contributed by atoms with Gasteiger partial charge in [0.25, 0.3) is 0 Å². The van der Waals surface area contributed by atoms with E-state index in [9.17, 15) is 4.39 Å². The Bertz CT molecular complexity index is 493. The predicted molar refractivity (Wildman–Crippen MR) is 70.0 cm³/mol. The summed E-state index contributed by atoms with van der Waals surface area (Å²) < 4.78 is 19.0. The van der Waals surface area contributed by atoms with Gasteiger partial charge in [0.2, 0.25) is 0 Å². The summed E-state index contributed by atoms with van der Waals surface area (Å²) in [5, 5.41) is 3.32. The molecule has 2 aromatic rings. The molecule has 18 heavy (non-hydrogen) atoms. The summed E-state index contributed by atoms with van der Waals surface area (Å²) in [6.45, 7) is 4.72. The van der Waals surface area contributed by atoms with Crippen molar-refractivity contribution in [1.29, 1.82) is 0 Å². The van der Waals surface area contributed by atoms with Crippen LogP contribution in [0.4, 0.5) is 4.39 Å². The van der Waals surface area contributed by atoms with Gasteiger partial charge in [-0.2, -0.15) is 0 Å². The van der Waals surface area contributed by atoms with Gasteiger partial charge in [-0.05, 0) is 43.1 Å². The van der Waals surface area contributed by atoms with Crippen molar-refractivity contribution in [3.8, 4) is 0 Å². The minimum absolute atomic E-state index is 0.0202. The number of halogens is 1. The summed E-state index contributed by atoms with van der Waals surface area (Å²) in [6, 6.07) is 7.27. The van der Waals surface area contributed by atoms with Crippen molar-refractivity contribution in [1.82, 2.24) is 5.32 Å². The van der Waals surface area contributed by atoms with Gasteiger partial charge in [-0.1, -0.05) is 19.1 Å². The highest BCUT2D eigenvalue weighted by atomic mass is 19.1. The van der Waals surface area contributed by atoms with E-state index in [2.05, 4.69) is 5.32 Å². The molecular weight excluding hydrogens is 229 g/mol. The van der Waals surface area contributed by atoms with Gasteiger partial charge >= 0.3 is 0 Å². The van der Waals surface area contributed by atoms with Gasteiger partial charge < -0.3 is 9.73 Å². The molecule has 1 N–H and O–H groups in total. The van der Waals surface area contributed by atoms with Crippen molar-refractivity contribution in [3.63, 3.8) is 0 Å². The molecule has 0 amide bonds. The minimum atomic E-state index is -0.149. The van der Waals surface area contributed by atoms with Crippen molar-refractivity contribution in [2.24, 2.45) is 0 Å². The molecule has 3 heteroatoms. The highest BCUT2D eigenvalue weighted by Gasteiger charge is 2.15. The summed E-state index contributed by atoms with van der Waals surface area (Å²) in [7, 11) is 0. The van der Waals surface area contributed by atoms with E-state index in [1.54, 1.807) is 18.6 Å². The molecule has 0 saturated heterocycles. The fourth-order valence-electron chi connectivity index (χ4n) is 2.10. The number of nitrogens with one attached hydrogen (secondary N) is 1. The third kappa shape index (κ3) is 2.99. The van der Waals surface area contributed by atoms with Crippen LogP contribution in [0.25, 0.3) is 0 Å². The van der Waals surface area contributed by atoms with E-state index in [1.807, 2.05) is 32.0 Å². The summed E-state index contributed by atoms with van der Waals surface area (Å²) in [5.41, 5.74) is 2.72. The molecule has 1 aromatic heterocycles. The van der Waals surface area contributed by atoms with Crippen LogP contribution in [-0.2, 0) is 6.42 Å². The smallest absolute Gasteiger partial charge is 0.128 e. The third-order valence-corrected chi connectivity index (χ3v) is 3.00. The van der Waals surface area contributed by atoms with Gasteiger partial charge in [-0.25, -0.2) is 4.39 Å². The van der Waals surface area contributed by atoms with Crippen LogP contribution in [-0.4, -0.2) is 6.54 Å². The van der Waals surface area contributed by atoms with Crippen molar-refractivity contribution >= 4 is 0 Å². The van der Waals surface area contributed by atoms with Gasteiger partial charge in [-0.15, -0.1) is 0 Å². The van der Waals surface area contributed by atoms with E-state index >= 15 is 0 Å². The van der Waals surface area contributed by atoms with Crippen molar-refractivity contribution in [2.75, 3.05) is 6.54 Å². The zero-order valence-corrected chi connectivity index (χ0v) is 10.7. The lowest BCUT2D eigenvalue weighted by Gasteiger charge is -2.18. The number of furan rings is 1. The quantitative estimate of drug-likeness (QED) is 0.873. The van der Waals surface area contributed by atoms with Crippen LogP contribution in [0.5, 0.6) is 0 Å². The minimum Gasteiger partial charge on any atom is -0.472 e. The van der Waals surface area contributed by atoms with Gasteiger partial charge in [0.05, 0.1) is 12.5 Å². The van der Waals surface area contributed by atoms with E-state index in [4.69, 9.17) is 4.42 Å². The number of benzene rings is 1. The van der Waals surface area contributed by atoms with E-state index < -0.39 is 0 Å². The largest absolute Gasteiger partial charge is 0.472 e. The first kappa shape index (κ1) is 12.8. The lowest BCUT2D eigenvalue weighted by Crippen LogP contribution is -2.23. The number of rotatable bonds is 5. The van der Waals surface area contributed by atoms with E-state index in [1.165, 1.54) is 0 Å². The molecule has 0 spiro atoms. The van der Waals surface area contributed by atoms with Crippen molar-refractivity contribution in [3.05, 3.63) is 59.3 Å². The SMILES string of the molecule is CCNC(Cc1ccoc1)c1ccc(C)cc1F. The number of hydrogen-bond donors (Lipinski definition) is 1. The molecule has 0 bridgehead atoms. The molecule has 1 aromatic carbocycles. The first-order chi connectivity index (χ1) is 8.70. The summed E-state index contributed by atoms with van der Waals surface area (Å²) in [5.74, 6) is -0.149. The Balaban J connectivity index is 2.23. The third-order valence-electron chi connectivity index (χ3n) is 3.00. The van der Waals surface area contributed by atoms with Crippen LogP contribution >= 0.6 is 0 Å². The molecule has 1 heterocycles. The highest BCUT2D eigenvalue weighted by Crippen LogP contribution is 2.22. The number of likely N-dealkylation sites (N-methyl/N-ethyl adjacent to an activating group) is 1. The van der Waals surface area contributed by atoms with Gasteiger partial charge in [0.1, 0.15) is 5.82 Å². The maximum Gasteiger partial charge on any atom is 0.128 e. The predicted octanol–water partition coefficient (Wildman–Crippen LogP) is 3.62. The first-order valence-electron chi connectivity index (χ1n) is 6.21. The second kappa shape index (κ2) is 5.83. The molecule has 0 aliphatic carbocycles. The molecule has 1 unspecified atom stereocenters. The van der Waals surface area contributed by atoms with E-state index in [-0.39, 0.29) is 11.9 Å². The Morgan fingerprint density at radius 1 is 1.33 bits per heavy atom. The van der Waals surface area contributed by atoms with Crippen LogP contribution in [0.15, 0.2) is 41.2 Å². The van der Waals surface area contributed by atoms with Crippen LogP contribution in [0.2, 0.25) is 0 Å². The molecule has 0 aliphatic rings. The Morgan fingerprint density at radius 3 is 2.78 bits per heavy atom. The Kier molecular flexibility index (Phi) is 4.15. The average Bonchev–Trinajstić information content (AvgIpc) is 2.81. The molecule has 0 fully saturated rings. The Labute approximate surface area is 107 Å². The van der Waals surface area contributed by atoms with Crippen LogP contribution in [0.1, 0.15) is 29.7 Å². The molecular formula is C15H18FNO. The fourth-order valence-corrected chi connectivity index (χ4v) is 2.10. The molecule has 2 rings (SSSR count). The van der Waals surface area contributed by atoms with E-state index in [0.717, 1.165) is 24.1 Å². The normalized spacial score (nSPS) is 12.6. The summed E-state index contributed by atoms with van der Waals surface area (Å²) >= 11 is 0. The lowest BCUT2D eigenvalue weighted by molar-refractivity contribution is 0.504. The summed E-state index contributed by atoms with van der Waals surface area (Å²) in [4.78, 5) is 0. The summed E-state index contributed by atoms with van der Waals surface area (Å²) in [6.07, 6.45) is 4.07. The first-order valence-corrected chi connectivity index (χ1v) is 6.21. The van der Waals surface area contributed by atoms with Gasteiger partial charge in [-0.3, -0.25) is 0 Å². The second-order valence-electron chi connectivity index (χ2n) is 4.47. The molecule has 0 aliphatic heterocycles. The maximum absolute atomic E-state index is 14.0. The average molecular weight is 247 g/mol. The van der Waals surface area contributed by atoms with Gasteiger partial charge in [0, 0.05) is 11.6 Å². The number of hydrogen-bond acceptors (Lipinski definition) is 2. The molecule has 0 radical (unpaired) electrons. The van der Waals surface area contributed by atoms with E-state index in [0.29, 0.717) is 5.56 Å². The zero-order chi connectivity index (χ0) is 13.0. The Morgan fingerprint density at radius 2 is 2.17 bits per heavy atom. The van der Waals surface area contributed by atoms with Crippen molar-refractivity contribution < 1.29 is 8.81 Å². The molecule has 1 atom stereocenters. The monoisotopic (exact) mass is 247 g/mol. The van der Waals surface area contributed by atoms with Crippen LogP contribution in [0.3, 0.4) is 0 Å². The molecule has 96 valence electrons. The topological polar surface area (TPSA) is 25.2 Å². The zero-order valence-electron chi connectivity index (χ0n) is 10.7. The second-order valence-corrected chi connectivity index (χ2v) is 4.47. The van der Waals surface area contributed by atoms with Gasteiger partial charge in [0.15, 0.2) is 0 Å². The standard InChI is InChI=1S/C15H18FNO/c1-3-17-15(9-12-6-7-18-10-12)13-5-4-11(2)8-14(13)16/h4-8,10,15,17H,3,9H2,1-2H3.